The normalized spacial score (nSPS) is 14.4. The Balaban J connectivity index is 1.49. The van der Waals surface area contributed by atoms with Gasteiger partial charge in [-0.15, -0.1) is 0 Å². The van der Waals surface area contributed by atoms with Crippen molar-refractivity contribution < 1.29 is 22.5 Å². The van der Waals surface area contributed by atoms with Crippen molar-refractivity contribution in [3.63, 3.8) is 0 Å². The molecule has 1 aliphatic rings. The molecule has 9 nitrogen and oxygen atoms in total. The number of nitrogens with zero attached hydrogens (tertiary/aromatic N) is 4. The van der Waals surface area contributed by atoms with E-state index in [9.17, 15) is 18.3 Å². The quantitative estimate of drug-likeness (QED) is 0.179. The van der Waals surface area contributed by atoms with E-state index >= 15 is 0 Å². The first-order valence-corrected chi connectivity index (χ1v) is 18.0. The predicted octanol–water partition coefficient (Wildman–Crippen LogP) is 6.04. The Labute approximate surface area is 286 Å². The highest BCUT2D eigenvalue weighted by Gasteiger charge is 2.34. The largest absolute Gasteiger partial charge is 0.508 e. The lowest BCUT2D eigenvalue weighted by Crippen LogP contribution is -2.49. The van der Waals surface area contributed by atoms with Gasteiger partial charge in [-0.3, -0.25) is 4.79 Å². The van der Waals surface area contributed by atoms with E-state index in [0.29, 0.717) is 43.4 Å². The molecule has 4 aromatic carbocycles. The zero-order valence-electron chi connectivity index (χ0n) is 27.2. The molecule has 0 bridgehead atoms. The summed E-state index contributed by atoms with van der Waals surface area (Å²) >= 11 is 6.52. The fourth-order valence-electron chi connectivity index (χ4n) is 6.48. The number of carbonyl (C=O) groups excluding carboxylic acids is 1. The number of aromatic hydroxyl groups is 1. The van der Waals surface area contributed by atoms with Gasteiger partial charge in [0.05, 0.1) is 17.0 Å². The second-order valence-corrected chi connectivity index (χ2v) is 14.3. The molecule has 1 aromatic heterocycles. The molecule has 250 valence electrons. The Morgan fingerprint density at radius 2 is 1.48 bits per heavy atom. The van der Waals surface area contributed by atoms with Gasteiger partial charge in [0.2, 0.25) is 0 Å². The van der Waals surface area contributed by atoms with Crippen LogP contribution >= 0.6 is 11.6 Å². The Morgan fingerprint density at radius 3 is 2.10 bits per heavy atom. The molecule has 0 radical (unpaired) electrons. The van der Waals surface area contributed by atoms with Gasteiger partial charge in [-0.25, -0.2) is 0 Å². The van der Waals surface area contributed by atoms with Gasteiger partial charge in [0.15, 0.2) is 0 Å². The maximum Gasteiger partial charge on any atom is 0.306 e. The third-order valence-corrected chi connectivity index (χ3v) is 9.53. The molecule has 1 N–H and O–H groups in total. The summed E-state index contributed by atoms with van der Waals surface area (Å²) in [6.45, 7) is 3.66. The summed E-state index contributed by atoms with van der Waals surface area (Å²) in [6, 6.07) is 29.8. The molecule has 2 heterocycles. The van der Waals surface area contributed by atoms with Crippen molar-refractivity contribution in [2.45, 2.75) is 12.5 Å². The van der Waals surface area contributed by atoms with Crippen molar-refractivity contribution in [3.8, 4) is 11.5 Å². The van der Waals surface area contributed by atoms with E-state index < -0.39 is 16.0 Å². The molecule has 1 fully saturated rings. The van der Waals surface area contributed by atoms with Crippen molar-refractivity contribution in [2.75, 3.05) is 58.0 Å². The topological polar surface area (TPSA) is 95.3 Å². The number of benzene rings is 4. The van der Waals surface area contributed by atoms with Gasteiger partial charge in [-0.2, -0.15) is 8.42 Å². The van der Waals surface area contributed by atoms with Crippen LogP contribution in [0.25, 0.3) is 10.9 Å². The van der Waals surface area contributed by atoms with Gasteiger partial charge in [-0.1, -0.05) is 66.2 Å². The van der Waals surface area contributed by atoms with Crippen molar-refractivity contribution in [3.05, 3.63) is 124 Å². The molecule has 1 amide bonds. The van der Waals surface area contributed by atoms with Gasteiger partial charge < -0.3 is 28.6 Å². The molecular formula is C37H39ClN4O5S. The van der Waals surface area contributed by atoms with Crippen LogP contribution in [0.15, 0.2) is 97.1 Å². The number of rotatable bonds is 10. The molecule has 0 spiro atoms. The first kappa shape index (κ1) is 33.4. The highest BCUT2D eigenvalue weighted by atomic mass is 35.5. The number of amides is 1. The van der Waals surface area contributed by atoms with Gasteiger partial charge in [-0.05, 0) is 67.7 Å². The van der Waals surface area contributed by atoms with Crippen LogP contribution in [0.1, 0.15) is 33.1 Å². The maximum atomic E-state index is 14.9. The Hall–Kier alpha value is -4.51. The fraction of sp³-hybridized carbons (Fsp3) is 0.270. The average molecular weight is 687 g/mol. The van der Waals surface area contributed by atoms with Gasteiger partial charge in [0.1, 0.15) is 17.2 Å². The summed E-state index contributed by atoms with van der Waals surface area (Å²) in [5, 5.41) is 11.8. The average Bonchev–Trinajstić information content (AvgIpc) is 3.38. The van der Waals surface area contributed by atoms with E-state index in [1.807, 2.05) is 79.7 Å². The van der Waals surface area contributed by atoms with Crippen molar-refractivity contribution in [1.29, 1.82) is 0 Å². The van der Waals surface area contributed by atoms with Crippen LogP contribution in [0, 0.1) is 0 Å². The fourth-order valence-corrected chi connectivity index (χ4v) is 7.19. The van der Waals surface area contributed by atoms with Crippen molar-refractivity contribution in [1.82, 2.24) is 14.4 Å². The highest BCUT2D eigenvalue weighted by molar-refractivity contribution is 7.86. The minimum Gasteiger partial charge on any atom is -0.508 e. The summed E-state index contributed by atoms with van der Waals surface area (Å²) in [5.41, 5.74) is 5.09. The number of hydrogen-bond donors (Lipinski definition) is 1. The summed E-state index contributed by atoms with van der Waals surface area (Å²) in [4.78, 5) is 21.2. The Kier molecular flexibility index (Phi) is 9.68. The lowest BCUT2D eigenvalue weighted by atomic mass is 9.83. The van der Waals surface area contributed by atoms with Crippen LogP contribution < -0.4 is 9.08 Å². The molecule has 48 heavy (non-hydrogen) atoms. The lowest BCUT2D eigenvalue weighted by Gasteiger charge is -2.37. The number of para-hydroxylation sites is 2. The molecule has 1 saturated heterocycles. The lowest BCUT2D eigenvalue weighted by molar-refractivity contribution is 0.0734. The SMILES string of the molecule is CN(C)CCn1c(C(=O)N2CCN(c3ccccc3Cl)CC2)c(C(c2ccc(O)cc2)c2ccc(OS(C)(=O)=O)cc2)c2ccccc21. The third kappa shape index (κ3) is 7.16. The van der Waals surface area contributed by atoms with E-state index in [2.05, 4.69) is 26.5 Å². The second-order valence-electron chi connectivity index (χ2n) is 12.3. The summed E-state index contributed by atoms with van der Waals surface area (Å²) in [5.74, 6) is -0.145. The predicted molar refractivity (Wildman–Crippen MR) is 191 cm³/mol. The van der Waals surface area contributed by atoms with E-state index in [1.165, 1.54) is 0 Å². The van der Waals surface area contributed by atoms with Crippen LogP contribution in [0.3, 0.4) is 0 Å². The van der Waals surface area contributed by atoms with Crippen LogP contribution in [0.5, 0.6) is 11.5 Å². The molecule has 6 rings (SSSR count). The van der Waals surface area contributed by atoms with Crippen LogP contribution in [0.4, 0.5) is 5.69 Å². The minimum atomic E-state index is -3.71. The highest BCUT2D eigenvalue weighted by Crippen LogP contribution is 2.42. The van der Waals surface area contributed by atoms with E-state index in [1.54, 1.807) is 24.3 Å². The van der Waals surface area contributed by atoms with Crippen LogP contribution in [0.2, 0.25) is 5.02 Å². The zero-order chi connectivity index (χ0) is 34.0. The van der Waals surface area contributed by atoms with Crippen LogP contribution in [-0.4, -0.2) is 86.9 Å². The minimum absolute atomic E-state index is 0.0560. The molecule has 1 unspecified atom stereocenters. The molecule has 1 atom stereocenters. The van der Waals surface area contributed by atoms with Crippen molar-refractivity contribution in [2.24, 2.45) is 0 Å². The number of fused-ring (bicyclic) bond motifs is 1. The number of likely N-dealkylation sites (N-methyl/N-ethyl adjacent to an activating group) is 1. The molecule has 1 aliphatic heterocycles. The second kappa shape index (κ2) is 13.9. The number of carbonyl (C=O) groups is 1. The number of phenolic OH excluding ortho intramolecular Hbond substituents is 1. The summed E-state index contributed by atoms with van der Waals surface area (Å²) < 4.78 is 31.0. The van der Waals surface area contributed by atoms with Crippen LogP contribution in [-0.2, 0) is 16.7 Å². The number of piperazine rings is 1. The number of halogens is 1. The third-order valence-electron chi connectivity index (χ3n) is 8.72. The van der Waals surface area contributed by atoms with E-state index in [0.717, 1.165) is 46.1 Å². The first-order valence-electron chi connectivity index (χ1n) is 15.8. The van der Waals surface area contributed by atoms with Gasteiger partial charge in [0, 0.05) is 61.7 Å². The smallest absolute Gasteiger partial charge is 0.306 e. The number of phenols is 1. The van der Waals surface area contributed by atoms with E-state index in [4.69, 9.17) is 15.8 Å². The zero-order valence-corrected chi connectivity index (χ0v) is 28.8. The molecule has 0 aliphatic carbocycles. The molecule has 11 heteroatoms. The molecule has 0 saturated carbocycles. The molecule has 5 aromatic rings. The van der Waals surface area contributed by atoms with E-state index in [-0.39, 0.29) is 17.4 Å². The number of anilines is 1. The number of hydrogen-bond acceptors (Lipinski definition) is 7. The molecular weight excluding hydrogens is 648 g/mol. The van der Waals surface area contributed by atoms with Gasteiger partial charge >= 0.3 is 10.1 Å². The first-order chi connectivity index (χ1) is 23.0. The summed E-state index contributed by atoms with van der Waals surface area (Å²) in [6.07, 6.45) is 1.01. The summed E-state index contributed by atoms with van der Waals surface area (Å²) in [7, 11) is 0.322. The standard InChI is InChI=1S/C37H39ClN4O5S/c1-39(2)20-25-42-32-10-6-4-8-30(32)35(36(42)37(44)41-23-21-40(22-24-41)33-11-7-5-9-31(33)38)34(26-12-16-28(43)17-13-26)27-14-18-29(19-15-27)47-48(3,45)46/h4-19,34,43H,20-25H2,1-3H3. The van der Waals surface area contributed by atoms with Gasteiger partial charge in [0.25, 0.3) is 5.91 Å². The number of aromatic nitrogens is 1. The van der Waals surface area contributed by atoms with Crippen molar-refractivity contribution >= 4 is 44.2 Å². The Bertz CT molecular complexity index is 2020. The monoisotopic (exact) mass is 686 g/mol. The maximum absolute atomic E-state index is 14.9. The Morgan fingerprint density at radius 1 is 0.875 bits per heavy atom.